The lowest BCUT2D eigenvalue weighted by Crippen LogP contribution is -2.46. The number of rotatable bonds is 2. The molecule has 1 aliphatic heterocycles. The van der Waals surface area contributed by atoms with Gasteiger partial charge < -0.3 is 11.1 Å². The van der Waals surface area contributed by atoms with Crippen molar-refractivity contribution in [2.24, 2.45) is 0 Å². The quantitative estimate of drug-likeness (QED) is 0.755. The van der Waals surface area contributed by atoms with Crippen LogP contribution in [-0.4, -0.2) is 30.4 Å². The fourth-order valence-electron chi connectivity index (χ4n) is 1.84. The minimum atomic E-state index is -1.22. The molecule has 0 saturated carbocycles. The van der Waals surface area contributed by atoms with E-state index in [1.807, 2.05) is 6.07 Å². The zero-order valence-electron chi connectivity index (χ0n) is 8.86. The molecule has 0 aliphatic carbocycles. The molecule has 1 unspecified atom stereocenters. The molecule has 5 heteroatoms. The Bertz CT molecular complexity index is 432. The molecule has 1 aromatic rings. The van der Waals surface area contributed by atoms with Crippen LogP contribution >= 0.6 is 0 Å². The van der Waals surface area contributed by atoms with Crippen molar-refractivity contribution in [2.45, 2.75) is 5.54 Å². The molecule has 5 nitrogen and oxygen atoms in total. The summed E-state index contributed by atoms with van der Waals surface area (Å²) in [7, 11) is 1.41. The smallest absolute Gasteiger partial charge is 0.324 e. The van der Waals surface area contributed by atoms with E-state index in [0.29, 0.717) is 5.56 Å². The Morgan fingerprint density at radius 1 is 1.31 bits per heavy atom. The molecule has 1 heterocycles. The number of hydrogen-bond acceptors (Lipinski definition) is 2. The predicted octanol–water partition coefficient (Wildman–Crippen LogP) is 1.12. The van der Waals surface area contributed by atoms with Crippen LogP contribution in [-0.2, 0) is 10.3 Å². The van der Waals surface area contributed by atoms with Crippen molar-refractivity contribution >= 4 is 11.9 Å². The lowest BCUT2D eigenvalue weighted by atomic mass is 9.90. The summed E-state index contributed by atoms with van der Waals surface area (Å²) in [6.07, 6.45) is 0. The Kier molecular flexibility index (Phi) is 2.40. The SMILES string of the molecule is CN1C(=O)NC(C[NH-])(c2ccccc2)C1=O. The number of carbonyl (C=O) groups excluding carboxylic acids is 2. The van der Waals surface area contributed by atoms with Crippen LogP contribution in [0.1, 0.15) is 5.56 Å². The lowest BCUT2D eigenvalue weighted by molar-refractivity contribution is -0.130. The first-order chi connectivity index (χ1) is 7.62. The van der Waals surface area contributed by atoms with Crippen LogP contribution in [0, 0.1) is 0 Å². The molecule has 0 spiro atoms. The minimum Gasteiger partial charge on any atom is -0.675 e. The summed E-state index contributed by atoms with van der Waals surface area (Å²) in [5, 5.41) is 2.58. The number of hydrogen-bond donors (Lipinski definition) is 1. The number of imide groups is 1. The minimum absolute atomic E-state index is 0.202. The van der Waals surface area contributed by atoms with Crippen molar-refractivity contribution in [1.29, 1.82) is 0 Å². The van der Waals surface area contributed by atoms with Crippen LogP contribution in [0.15, 0.2) is 30.3 Å². The van der Waals surface area contributed by atoms with Crippen LogP contribution in [0.3, 0.4) is 0 Å². The van der Waals surface area contributed by atoms with Gasteiger partial charge in [0.2, 0.25) is 0 Å². The highest BCUT2D eigenvalue weighted by molar-refractivity contribution is 6.07. The van der Waals surface area contributed by atoms with Crippen LogP contribution in [0.4, 0.5) is 4.79 Å². The summed E-state index contributed by atoms with van der Waals surface area (Å²) in [5.74, 6) is -0.376. The largest absolute Gasteiger partial charge is 0.675 e. The molecule has 0 aromatic heterocycles. The average molecular weight is 218 g/mol. The standard InChI is InChI=1S/C11H12N3O2/c1-14-9(15)11(7-12,13-10(14)16)8-5-3-2-4-6-8/h2-6,12H,7H2,1H3,(H,13,16)/q-1. The third-order valence-electron chi connectivity index (χ3n) is 2.83. The normalized spacial score (nSPS) is 24.8. The maximum atomic E-state index is 12.0. The monoisotopic (exact) mass is 218 g/mol. The molecule has 2 N–H and O–H groups in total. The number of nitrogens with one attached hydrogen (secondary N) is 2. The van der Waals surface area contributed by atoms with Gasteiger partial charge in [-0.15, -0.1) is 6.54 Å². The number of urea groups is 1. The maximum Gasteiger partial charge on any atom is 0.324 e. The first-order valence-corrected chi connectivity index (χ1v) is 4.92. The number of amides is 3. The molecule has 1 aromatic carbocycles. The van der Waals surface area contributed by atoms with E-state index in [0.717, 1.165) is 4.90 Å². The molecular formula is C11H12N3O2-. The van der Waals surface area contributed by atoms with Crippen LogP contribution < -0.4 is 5.32 Å². The van der Waals surface area contributed by atoms with E-state index in [1.54, 1.807) is 24.3 Å². The highest BCUT2D eigenvalue weighted by Gasteiger charge is 2.47. The van der Waals surface area contributed by atoms with E-state index in [4.69, 9.17) is 5.73 Å². The molecule has 0 bridgehead atoms. The second-order valence-corrected chi connectivity index (χ2v) is 3.74. The topological polar surface area (TPSA) is 73.2 Å². The molecule has 1 saturated heterocycles. The van der Waals surface area contributed by atoms with Crippen LogP contribution in [0.25, 0.3) is 5.73 Å². The van der Waals surface area contributed by atoms with E-state index in [-0.39, 0.29) is 12.5 Å². The average Bonchev–Trinajstić information content (AvgIpc) is 2.55. The molecule has 16 heavy (non-hydrogen) atoms. The van der Waals surface area contributed by atoms with Crippen molar-refractivity contribution < 1.29 is 9.59 Å². The van der Waals surface area contributed by atoms with Gasteiger partial charge in [-0.25, -0.2) is 4.79 Å². The van der Waals surface area contributed by atoms with E-state index >= 15 is 0 Å². The fraction of sp³-hybridized carbons (Fsp3) is 0.273. The Morgan fingerprint density at radius 3 is 2.38 bits per heavy atom. The summed E-state index contributed by atoms with van der Waals surface area (Å²) in [6.45, 7) is -0.202. The number of nitrogens with zero attached hydrogens (tertiary/aromatic N) is 1. The molecular weight excluding hydrogens is 206 g/mol. The van der Waals surface area contributed by atoms with Crippen LogP contribution in [0.5, 0.6) is 0 Å². The number of likely N-dealkylation sites (N-methyl/N-ethyl adjacent to an activating group) is 1. The summed E-state index contributed by atoms with van der Waals surface area (Å²) < 4.78 is 0. The van der Waals surface area contributed by atoms with Crippen molar-refractivity contribution in [3.05, 3.63) is 41.6 Å². The van der Waals surface area contributed by atoms with Gasteiger partial charge in [0, 0.05) is 7.05 Å². The third kappa shape index (κ3) is 1.29. The van der Waals surface area contributed by atoms with Gasteiger partial charge in [-0.3, -0.25) is 9.69 Å². The maximum absolute atomic E-state index is 12.0. The first kappa shape index (κ1) is 10.6. The van der Waals surface area contributed by atoms with Gasteiger partial charge in [0.15, 0.2) is 0 Å². The van der Waals surface area contributed by atoms with E-state index < -0.39 is 11.6 Å². The van der Waals surface area contributed by atoms with Gasteiger partial charge in [-0.1, -0.05) is 30.3 Å². The molecule has 3 amide bonds. The molecule has 1 atom stereocenters. The van der Waals surface area contributed by atoms with Crippen molar-refractivity contribution in [1.82, 2.24) is 10.2 Å². The van der Waals surface area contributed by atoms with Crippen molar-refractivity contribution in [3.8, 4) is 0 Å². The summed E-state index contributed by atoms with van der Waals surface area (Å²) in [4.78, 5) is 24.5. The zero-order valence-corrected chi connectivity index (χ0v) is 8.86. The Labute approximate surface area is 93.2 Å². The fourth-order valence-corrected chi connectivity index (χ4v) is 1.84. The van der Waals surface area contributed by atoms with Gasteiger partial charge in [-0.05, 0) is 5.56 Å². The number of carbonyl (C=O) groups is 2. The first-order valence-electron chi connectivity index (χ1n) is 4.92. The Balaban J connectivity index is 2.50. The highest BCUT2D eigenvalue weighted by Crippen LogP contribution is 2.28. The van der Waals surface area contributed by atoms with Crippen LogP contribution in [0.2, 0.25) is 0 Å². The Morgan fingerprint density at radius 2 is 1.94 bits per heavy atom. The molecule has 1 aliphatic rings. The van der Waals surface area contributed by atoms with Crippen molar-refractivity contribution in [2.75, 3.05) is 13.6 Å². The van der Waals surface area contributed by atoms with E-state index in [2.05, 4.69) is 5.32 Å². The Hall–Kier alpha value is -1.88. The second-order valence-electron chi connectivity index (χ2n) is 3.74. The lowest BCUT2D eigenvalue weighted by Gasteiger charge is -2.29. The molecule has 84 valence electrons. The van der Waals surface area contributed by atoms with Gasteiger partial charge >= 0.3 is 6.03 Å². The molecule has 2 rings (SSSR count). The van der Waals surface area contributed by atoms with E-state index in [1.165, 1.54) is 7.05 Å². The number of benzene rings is 1. The summed E-state index contributed by atoms with van der Waals surface area (Å²) in [6, 6.07) is 8.42. The summed E-state index contributed by atoms with van der Waals surface area (Å²) >= 11 is 0. The second kappa shape index (κ2) is 3.61. The molecule has 0 radical (unpaired) electrons. The summed E-state index contributed by atoms with van der Waals surface area (Å²) in [5.41, 5.74) is 6.96. The van der Waals surface area contributed by atoms with Gasteiger partial charge in [-0.2, -0.15) is 0 Å². The highest BCUT2D eigenvalue weighted by atomic mass is 16.2. The van der Waals surface area contributed by atoms with Gasteiger partial charge in [0.25, 0.3) is 5.91 Å². The van der Waals surface area contributed by atoms with Crippen molar-refractivity contribution in [3.63, 3.8) is 0 Å². The third-order valence-corrected chi connectivity index (χ3v) is 2.83. The van der Waals surface area contributed by atoms with Gasteiger partial charge in [0.1, 0.15) is 5.54 Å². The van der Waals surface area contributed by atoms with E-state index in [9.17, 15) is 9.59 Å². The van der Waals surface area contributed by atoms with Gasteiger partial charge in [0.05, 0.1) is 0 Å². The molecule has 1 fully saturated rings. The zero-order chi connectivity index (χ0) is 11.8. The predicted molar refractivity (Wildman–Crippen MR) is 58.6 cm³/mol.